The molecule has 0 saturated heterocycles. The normalized spacial score (nSPS) is 11.1. The Morgan fingerprint density at radius 3 is 2.23 bits per heavy atom. The lowest BCUT2D eigenvalue weighted by atomic mass is 10.1. The molecule has 0 atom stereocenters. The number of hydrazine groups is 1. The van der Waals surface area contributed by atoms with E-state index in [2.05, 4.69) is 20.7 Å². The SMILES string of the molecule is CCn1nc(C(=O)NNC(=O)c2ccccc2NS(C)(=O)=O)c2ccccc2c1=O. The van der Waals surface area contributed by atoms with E-state index in [-0.39, 0.29) is 29.0 Å². The van der Waals surface area contributed by atoms with E-state index in [4.69, 9.17) is 0 Å². The lowest BCUT2D eigenvalue weighted by Crippen LogP contribution is -2.43. The zero-order valence-corrected chi connectivity index (χ0v) is 17.0. The van der Waals surface area contributed by atoms with Crippen molar-refractivity contribution in [2.24, 2.45) is 0 Å². The number of anilines is 1. The lowest BCUT2D eigenvalue weighted by molar-refractivity contribution is 0.0844. The number of hydrogen-bond acceptors (Lipinski definition) is 6. The summed E-state index contributed by atoms with van der Waals surface area (Å²) >= 11 is 0. The third-order valence-corrected chi connectivity index (χ3v) is 4.73. The van der Waals surface area contributed by atoms with Crippen LogP contribution in [0.15, 0.2) is 53.3 Å². The molecule has 11 heteroatoms. The number of aromatic nitrogens is 2. The summed E-state index contributed by atoms with van der Waals surface area (Å²) in [4.78, 5) is 37.5. The molecule has 2 aromatic carbocycles. The first-order chi connectivity index (χ1) is 14.2. The monoisotopic (exact) mass is 429 g/mol. The number of para-hydroxylation sites is 1. The summed E-state index contributed by atoms with van der Waals surface area (Å²) in [5.41, 5.74) is 4.22. The molecular formula is C19H19N5O5S. The van der Waals surface area contributed by atoms with Gasteiger partial charge in [-0.05, 0) is 25.1 Å². The molecule has 1 heterocycles. The smallest absolute Gasteiger partial charge is 0.283 e. The Balaban J connectivity index is 1.86. The number of carbonyl (C=O) groups is 2. The highest BCUT2D eigenvalue weighted by Gasteiger charge is 2.18. The van der Waals surface area contributed by atoms with Crippen LogP contribution in [0.5, 0.6) is 0 Å². The molecule has 0 unspecified atom stereocenters. The highest BCUT2D eigenvalue weighted by atomic mass is 32.2. The van der Waals surface area contributed by atoms with Gasteiger partial charge in [0.15, 0.2) is 5.69 Å². The number of nitrogens with one attached hydrogen (secondary N) is 3. The Hall–Kier alpha value is -3.73. The van der Waals surface area contributed by atoms with Crippen molar-refractivity contribution < 1.29 is 18.0 Å². The molecule has 30 heavy (non-hydrogen) atoms. The number of aryl methyl sites for hydroxylation is 1. The van der Waals surface area contributed by atoms with Crippen molar-refractivity contribution >= 4 is 38.3 Å². The van der Waals surface area contributed by atoms with Gasteiger partial charge >= 0.3 is 0 Å². The van der Waals surface area contributed by atoms with Crippen LogP contribution in [0, 0.1) is 0 Å². The van der Waals surface area contributed by atoms with Gasteiger partial charge in [-0.3, -0.25) is 30.0 Å². The van der Waals surface area contributed by atoms with Gasteiger partial charge in [-0.2, -0.15) is 5.10 Å². The quantitative estimate of drug-likeness (QED) is 0.514. The predicted molar refractivity (Wildman–Crippen MR) is 112 cm³/mol. The molecule has 3 N–H and O–H groups in total. The van der Waals surface area contributed by atoms with E-state index in [1.807, 2.05) is 0 Å². The Labute approximate surface area is 171 Å². The number of sulfonamides is 1. The van der Waals surface area contributed by atoms with Gasteiger partial charge in [0.1, 0.15) is 0 Å². The van der Waals surface area contributed by atoms with Gasteiger partial charge in [0.2, 0.25) is 10.0 Å². The fourth-order valence-electron chi connectivity index (χ4n) is 2.83. The molecule has 0 fully saturated rings. The average molecular weight is 429 g/mol. The number of rotatable bonds is 5. The van der Waals surface area contributed by atoms with Crippen molar-refractivity contribution in [3.63, 3.8) is 0 Å². The first kappa shape index (κ1) is 21.0. The Bertz CT molecular complexity index is 1300. The summed E-state index contributed by atoms with van der Waals surface area (Å²) in [6.45, 7) is 1.99. The molecular weight excluding hydrogens is 410 g/mol. The molecule has 0 aliphatic carbocycles. The topological polar surface area (TPSA) is 139 Å². The maximum Gasteiger partial charge on any atom is 0.290 e. The molecule has 0 spiro atoms. The molecule has 156 valence electrons. The van der Waals surface area contributed by atoms with E-state index in [1.54, 1.807) is 43.3 Å². The Kier molecular flexibility index (Phi) is 5.83. The molecule has 10 nitrogen and oxygen atoms in total. The van der Waals surface area contributed by atoms with Crippen LogP contribution >= 0.6 is 0 Å². The molecule has 0 bridgehead atoms. The van der Waals surface area contributed by atoms with E-state index in [0.717, 1.165) is 10.9 Å². The lowest BCUT2D eigenvalue weighted by Gasteiger charge is -2.13. The molecule has 0 radical (unpaired) electrons. The fourth-order valence-corrected chi connectivity index (χ4v) is 3.40. The van der Waals surface area contributed by atoms with Gasteiger partial charge in [-0.1, -0.05) is 30.3 Å². The van der Waals surface area contributed by atoms with Gasteiger partial charge in [0.05, 0.1) is 22.9 Å². The average Bonchev–Trinajstić information content (AvgIpc) is 2.71. The maximum absolute atomic E-state index is 12.7. The second-order valence-corrected chi connectivity index (χ2v) is 8.09. The van der Waals surface area contributed by atoms with Crippen molar-refractivity contribution in [2.45, 2.75) is 13.5 Å². The second kappa shape index (κ2) is 8.33. The number of hydrogen-bond donors (Lipinski definition) is 3. The summed E-state index contributed by atoms with van der Waals surface area (Å²) in [6.07, 6.45) is 0.961. The van der Waals surface area contributed by atoms with Gasteiger partial charge in [-0.15, -0.1) is 0 Å². The van der Waals surface area contributed by atoms with Crippen LogP contribution in [-0.4, -0.2) is 36.3 Å². The third-order valence-electron chi connectivity index (χ3n) is 4.14. The van der Waals surface area contributed by atoms with Gasteiger partial charge in [0.25, 0.3) is 17.4 Å². The van der Waals surface area contributed by atoms with Crippen molar-refractivity contribution in [1.82, 2.24) is 20.6 Å². The van der Waals surface area contributed by atoms with E-state index < -0.39 is 21.8 Å². The van der Waals surface area contributed by atoms with E-state index in [1.165, 1.54) is 12.1 Å². The molecule has 0 aliphatic heterocycles. The zero-order valence-electron chi connectivity index (χ0n) is 16.2. The second-order valence-electron chi connectivity index (χ2n) is 6.34. The number of fused-ring (bicyclic) bond motifs is 1. The summed E-state index contributed by atoms with van der Waals surface area (Å²) in [5, 5.41) is 4.76. The van der Waals surface area contributed by atoms with Crippen LogP contribution in [0.25, 0.3) is 10.8 Å². The van der Waals surface area contributed by atoms with E-state index in [9.17, 15) is 22.8 Å². The third kappa shape index (κ3) is 4.46. The minimum atomic E-state index is -3.60. The van der Waals surface area contributed by atoms with Gasteiger partial charge in [-0.25, -0.2) is 13.1 Å². The fraction of sp³-hybridized carbons (Fsp3) is 0.158. The number of amides is 2. The Morgan fingerprint density at radius 1 is 0.967 bits per heavy atom. The van der Waals surface area contributed by atoms with Crippen LogP contribution < -0.4 is 21.1 Å². The molecule has 0 aliphatic rings. The van der Waals surface area contributed by atoms with Crippen molar-refractivity contribution in [3.05, 3.63) is 70.1 Å². The van der Waals surface area contributed by atoms with Crippen molar-refractivity contribution in [3.8, 4) is 0 Å². The summed E-state index contributed by atoms with van der Waals surface area (Å²) < 4.78 is 26.4. The largest absolute Gasteiger partial charge is 0.290 e. The van der Waals surface area contributed by atoms with Crippen LogP contribution in [-0.2, 0) is 16.6 Å². The van der Waals surface area contributed by atoms with Crippen molar-refractivity contribution in [2.75, 3.05) is 11.0 Å². The minimum absolute atomic E-state index is 0.0135. The maximum atomic E-state index is 12.7. The highest BCUT2D eigenvalue weighted by Crippen LogP contribution is 2.16. The van der Waals surface area contributed by atoms with Gasteiger partial charge < -0.3 is 0 Å². The Morgan fingerprint density at radius 2 is 1.57 bits per heavy atom. The minimum Gasteiger partial charge on any atom is -0.283 e. The summed E-state index contributed by atoms with van der Waals surface area (Å²) in [6, 6.07) is 12.5. The van der Waals surface area contributed by atoms with E-state index >= 15 is 0 Å². The highest BCUT2D eigenvalue weighted by molar-refractivity contribution is 7.92. The number of benzene rings is 2. The first-order valence-electron chi connectivity index (χ1n) is 8.88. The summed E-state index contributed by atoms with van der Waals surface area (Å²) in [5.74, 6) is -1.46. The van der Waals surface area contributed by atoms with E-state index in [0.29, 0.717) is 10.8 Å². The van der Waals surface area contributed by atoms with Crippen LogP contribution in [0.4, 0.5) is 5.69 Å². The number of carbonyl (C=O) groups excluding carboxylic acids is 2. The molecule has 1 aromatic heterocycles. The predicted octanol–water partition coefficient (Wildman–Crippen LogP) is 0.863. The van der Waals surface area contributed by atoms with Crippen LogP contribution in [0.3, 0.4) is 0 Å². The first-order valence-corrected chi connectivity index (χ1v) is 10.8. The van der Waals surface area contributed by atoms with Crippen molar-refractivity contribution in [1.29, 1.82) is 0 Å². The summed E-state index contributed by atoms with van der Waals surface area (Å²) in [7, 11) is -3.60. The van der Waals surface area contributed by atoms with Crippen LogP contribution in [0.1, 0.15) is 27.8 Å². The van der Waals surface area contributed by atoms with Gasteiger partial charge in [0, 0.05) is 11.9 Å². The zero-order chi connectivity index (χ0) is 21.9. The molecule has 0 saturated carbocycles. The molecule has 3 rings (SSSR count). The van der Waals surface area contributed by atoms with Crippen LogP contribution in [0.2, 0.25) is 0 Å². The number of nitrogens with zero attached hydrogens (tertiary/aromatic N) is 2. The standard InChI is InChI=1S/C19H19N5O5S/c1-3-24-19(27)13-9-5-4-8-12(13)16(22-24)18(26)21-20-17(25)14-10-6-7-11-15(14)23-30(2,28)29/h4-11,23H,3H2,1-2H3,(H,20,25)(H,21,26). The molecule has 2 amide bonds. The molecule has 3 aromatic rings.